The van der Waals surface area contributed by atoms with Gasteiger partial charge in [0.1, 0.15) is 16.5 Å². The Kier molecular flexibility index (Phi) is 5.60. The fraction of sp³-hybridized carbons (Fsp3) is 0.400. The first kappa shape index (κ1) is 15.8. The molecule has 0 aliphatic carbocycles. The first-order valence-electron chi connectivity index (χ1n) is 5.31. The zero-order chi connectivity index (χ0) is 14.5. The monoisotopic (exact) mass is 296 g/mol. The minimum atomic E-state index is -4.13. The highest BCUT2D eigenvalue weighted by Crippen LogP contribution is 2.20. The fourth-order valence-corrected chi connectivity index (χ4v) is 2.35. The first-order valence-corrected chi connectivity index (χ1v) is 6.79. The largest absolute Gasteiger partial charge is 0.396 e. The van der Waals surface area contributed by atoms with E-state index in [4.69, 9.17) is 15.6 Å². The van der Waals surface area contributed by atoms with Gasteiger partial charge in [0, 0.05) is 12.6 Å². The van der Waals surface area contributed by atoms with Crippen LogP contribution in [0.3, 0.4) is 0 Å². The lowest BCUT2D eigenvalue weighted by Gasteiger charge is -2.09. The van der Waals surface area contributed by atoms with Crippen molar-refractivity contribution in [2.45, 2.75) is 4.90 Å². The molecule has 19 heavy (non-hydrogen) atoms. The molecule has 4 N–H and O–H groups in total. The smallest absolute Gasteiger partial charge is 0.243 e. The van der Waals surface area contributed by atoms with E-state index in [1.165, 1.54) is 0 Å². The van der Waals surface area contributed by atoms with Crippen molar-refractivity contribution in [1.82, 2.24) is 4.72 Å². The van der Waals surface area contributed by atoms with Gasteiger partial charge >= 0.3 is 0 Å². The van der Waals surface area contributed by atoms with Crippen molar-refractivity contribution in [3.8, 4) is 0 Å². The number of benzene rings is 1. The standard InChI is InChI=1S/C10H14F2N2O4S/c11-7-5-8(12)10(6-9(7)13)19(16,17)14-1-3-18-4-2-15/h5-6,14-15H,1-4,13H2. The number of anilines is 1. The number of halogens is 2. The molecule has 0 bridgehead atoms. The third-order valence-corrected chi connectivity index (χ3v) is 3.59. The van der Waals surface area contributed by atoms with Crippen molar-refractivity contribution < 1.29 is 27.0 Å². The van der Waals surface area contributed by atoms with E-state index in [2.05, 4.69) is 4.72 Å². The summed E-state index contributed by atoms with van der Waals surface area (Å²) in [5.74, 6) is -2.25. The van der Waals surface area contributed by atoms with Crippen molar-refractivity contribution in [3.05, 3.63) is 23.8 Å². The van der Waals surface area contributed by atoms with Crippen LogP contribution in [0.4, 0.5) is 14.5 Å². The van der Waals surface area contributed by atoms with Gasteiger partial charge in [0.2, 0.25) is 10.0 Å². The van der Waals surface area contributed by atoms with Crippen LogP contribution < -0.4 is 10.5 Å². The Morgan fingerprint density at radius 1 is 1.26 bits per heavy atom. The number of nitrogens with one attached hydrogen (secondary N) is 1. The summed E-state index contributed by atoms with van der Waals surface area (Å²) in [4.78, 5) is -0.728. The van der Waals surface area contributed by atoms with Gasteiger partial charge in [0.15, 0.2) is 0 Å². The zero-order valence-corrected chi connectivity index (χ0v) is 10.7. The SMILES string of the molecule is Nc1cc(S(=O)(=O)NCCOCCO)c(F)cc1F. The van der Waals surface area contributed by atoms with E-state index in [0.717, 1.165) is 0 Å². The van der Waals surface area contributed by atoms with Gasteiger partial charge in [-0.2, -0.15) is 0 Å². The highest BCUT2D eigenvalue weighted by molar-refractivity contribution is 7.89. The van der Waals surface area contributed by atoms with E-state index in [9.17, 15) is 17.2 Å². The maximum atomic E-state index is 13.4. The zero-order valence-electron chi connectivity index (χ0n) is 9.90. The molecule has 0 aliphatic heterocycles. The number of ether oxygens (including phenoxy) is 1. The van der Waals surface area contributed by atoms with Gasteiger partial charge < -0.3 is 15.6 Å². The summed E-state index contributed by atoms with van der Waals surface area (Å²) in [6.07, 6.45) is 0. The summed E-state index contributed by atoms with van der Waals surface area (Å²) < 4.78 is 56.6. The number of nitrogen functional groups attached to an aromatic ring is 1. The molecule has 1 rings (SSSR count). The van der Waals surface area contributed by atoms with E-state index < -0.39 is 32.2 Å². The summed E-state index contributed by atoms with van der Waals surface area (Å²) >= 11 is 0. The van der Waals surface area contributed by atoms with E-state index in [1.807, 2.05) is 0 Å². The highest BCUT2D eigenvalue weighted by Gasteiger charge is 2.20. The molecular weight excluding hydrogens is 282 g/mol. The molecule has 0 spiro atoms. The van der Waals surface area contributed by atoms with E-state index >= 15 is 0 Å². The average Bonchev–Trinajstić information content (AvgIpc) is 2.33. The third-order valence-electron chi connectivity index (χ3n) is 2.11. The van der Waals surface area contributed by atoms with Crippen molar-refractivity contribution in [1.29, 1.82) is 0 Å². The van der Waals surface area contributed by atoms with Crippen LogP contribution in [0.5, 0.6) is 0 Å². The molecule has 1 aromatic rings. The predicted octanol–water partition coefficient (Wildman–Crippen LogP) is -0.166. The Balaban J connectivity index is 2.75. The number of sulfonamides is 1. The minimum Gasteiger partial charge on any atom is -0.396 e. The van der Waals surface area contributed by atoms with Crippen LogP contribution >= 0.6 is 0 Å². The second-order valence-corrected chi connectivity index (χ2v) is 5.27. The lowest BCUT2D eigenvalue weighted by Crippen LogP contribution is -2.28. The number of aliphatic hydroxyl groups is 1. The second-order valence-electron chi connectivity index (χ2n) is 3.54. The second kappa shape index (κ2) is 6.75. The van der Waals surface area contributed by atoms with Crippen LogP contribution in [0, 0.1) is 11.6 Å². The van der Waals surface area contributed by atoms with Crippen molar-refractivity contribution in [3.63, 3.8) is 0 Å². The maximum absolute atomic E-state index is 13.4. The third kappa shape index (κ3) is 4.39. The number of nitrogens with two attached hydrogens (primary N) is 1. The van der Waals surface area contributed by atoms with Gasteiger partial charge in [-0.15, -0.1) is 0 Å². The predicted molar refractivity (Wildman–Crippen MR) is 63.9 cm³/mol. The van der Waals surface area contributed by atoms with Crippen LogP contribution in [-0.2, 0) is 14.8 Å². The molecule has 0 heterocycles. The molecule has 0 atom stereocenters. The molecule has 0 aromatic heterocycles. The number of aliphatic hydroxyl groups excluding tert-OH is 1. The van der Waals surface area contributed by atoms with Gasteiger partial charge in [0.25, 0.3) is 0 Å². The van der Waals surface area contributed by atoms with Gasteiger partial charge in [0.05, 0.1) is 25.5 Å². The van der Waals surface area contributed by atoms with Crippen molar-refractivity contribution >= 4 is 15.7 Å². The van der Waals surface area contributed by atoms with Gasteiger partial charge in [-0.1, -0.05) is 0 Å². The van der Waals surface area contributed by atoms with Crippen LogP contribution in [0.25, 0.3) is 0 Å². The summed E-state index contributed by atoms with van der Waals surface area (Å²) in [7, 11) is -4.13. The number of hydrogen-bond acceptors (Lipinski definition) is 5. The minimum absolute atomic E-state index is 0.0120. The highest BCUT2D eigenvalue weighted by atomic mass is 32.2. The van der Waals surface area contributed by atoms with Gasteiger partial charge in [-0.25, -0.2) is 21.9 Å². The quantitative estimate of drug-likeness (QED) is 0.479. The van der Waals surface area contributed by atoms with Gasteiger partial charge in [-0.3, -0.25) is 0 Å². The number of rotatable bonds is 7. The van der Waals surface area contributed by atoms with E-state index in [0.29, 0.717) is 12.1 Å². The topological polar surface area (TPSA) is 102 Å². The van der Waals surface area contributed by atoms with Crippen LogP contribution in [-0.4, -0.2) is 39.9 Å². The molecule has 108 valence electrons. The van der Waals surface area contributed by atoms with Crippen molar-refractivity contribution in [2.75, 3.05) is 32.1 Å². The Hall–Kier alpha value is -1.29. The van der Waals surface area contributed by atoms with E-state index in [-0.39, 0.29) is 26.4 Å². The molecule has 0 unspecified atom stereocenters. The molecule has 0 amide bonds. The normalized spacial score (nSPS) is 11.7. The molecule has 0 fully saturated rings. The lowest BCUT2D eigenvalue weighted by atomic mass is 10.3. The molecule has 0 radical (unpaired) electrons. The molecule has 6 nitrogen and oxygen atoms in total. The lowest BCUT2D eigenvalue weighted by molar-refractivity contribution is 0.0961. The molecule has 0 saturated heterocycles. The first-order chi connectivity index (χ1) is 8.88. The van der Waals surface area contributed by atoms with Crippen LogP contribution in [0.1, 0.15) is 0 Å². The summed E-state index contributed by atoms with van der Waals surface area (Å²) in [6.45, 7) is -0.216. The summed E-state index contributed by atoms with van der Waals surface area (Å²) in [5.41, 5.74) is 4.73. The maximum Gasteiger partial charge on any atom is 0.243 e. The van der Waals surface area contributed by atoms with Crippen LogP contribution in [0.15, 0.2) is 17.0 Å². The summed E-state index contributed by atoms with van der Waals surface area (Å²) in [5, 5.41) is 8.43. The molecular formula is C10H14F2N2O4S. The van der Waals surface area contributed by atoms with Crippen molar-refractivity contribution in [2.24, 2.45) is 0 Å². The Morgan fingerprint density at radius 2 is 1.95 bits per heavy atom. The van der Waals surface area contributed by atoms with Crippen LogP contribution in [0.2, 0.25) is 0 Å². The number of hydrogen-bond donors (Lipinski definition) is 3. The van der Waals surface area contributed by atoms with Gasteiger partial charge in [-0.05, 0) is 6.07 Å². The average molecular weight is 296 g/mol. The molecule has 0 aliphatic rings. The Morgan fingerprint density at radius 3 is 2.58 bits per heavy atom. The fourth-order valence-electron chi connectivity index (χ4n) is 1.24. The Labute approximate surface area is 109 Å². The molecule has 1 aromatic carbocycles. The molecule has 9 heteroatoms. The Bertz CT molecular complexity index is 537. The molecule has 0 saturated carbocycles. The summed E-state index contributed by atoms with van der Waals surface area (Å²) in [6, 6.07) is 1.12. The van der Waals surface area contributed by atoms with E-state index in [1.54, 1.807) is 0 Å².